The number of hydrogen-bond donors (Lipinski definition) is 2. The molecule has 0 radical (unpaired) electrons. The topological polar surface area (TPSA) is 56.7 Å². The zero-order valence-corrected chi connectivity index (χ0v) is 16.3. The van der Waals surface area contributed by atoms with E-state index in [0.29, 0.717) is 6.04 Å². The van der Waals surface area contributed by atoms with E-state index in [-0.39, 0.29) is 11.8 Å². The Morgan fingerprint density at radius 1 is 1.21 bits per heavy atom. The Morgan fingerprint density at radius 2 is 1.96 bits per heavy atom. The molecule has 1 saturated carbocycles. The lowest BCUT2D eigenvalue weighted by Gasteiger charge is -2.31. The summed E-state index contributed by atoms with van der Waals surface area (Å²) in [5.41, 5.74) is 0. The van der Waals surface area contributed by atoms with Gasteiger partial charge in [0.25, 0.3) is 0 Å². The highest BCUT2D eigenvalue weighted by atomic mass is 32.2. The third-order valence-corrected chi connectivity index (χ3v) is 6.05. The summed E-state index contributed by atoms with van der Waals surface area (Å²) in [4.78, 5) is 18.8. The van der Waals surface area contributed by atoms with Crippen molar-refractivity contribution < 1.29 is 4.79 Å². The van der Waals surface area contributed by atoms with Gasteiger partial charge in [0.1, 0.15) is 0 Å². The predicted octanol–water partition coefficient (Wildman–Crippen LogP) is 2.33. The summed E-state index contributed by atoms with van der Waals surface area (Å²) in [6, 6.07) is 0.354. The van der Waals surface area contributed by atoms with Crippen molar-refractivity contribution in [2.45, 2.75) is 51.5 Å². The van der Waals surface area contributed by atoms with Crippen LogP contribution >= 0.6 is 11.8 Å². The fraction of sp³-hybridized carbons (Fsp3) is 0.889. The van der Waals surface area contributed by atoms with Gasteiger partial charge in [0.2, 0.25) is 5.91 Å². The van der Waals surface area contributed by atoms with Crippen molar-refractivity contribution in [1.29, 1.82) is 0 Å². The van der Waals surface area contributed by atoms with E-state index < -0.39 is 0 Å². The fourth-order valence-corrected chi connectivity index (χ4v) is 4.78. The van der Waals surface area contributed by atoms with Crippen LogP contribution in [-0.4, -0.2) is 61.5 Å². The van der Waals surface area contributed by atoms with Crippen LogP contribution in [0.1, 0.15) is 45.4 Å². The van der Waals surface area contributed by atoms with Gasteiger partial charge in [0.05, 0.1) is 0 Å². The Kier molecular flexibility index (Phi) is 8.22. The van der Waals surface area contributed by atoms with Crippen LogP contribution in [0.15, 0.2) is 4.99 Å². The molecule has 0 spiro atoms. The summed E-state index contributed by atoms with van der Waals surface area (Å²) >= 11 is 2.06. The van der Waals surface area contributed by atoms with Gasteiger partial charge in [0.15, 0.2) is 5.96 Å². The highest BCUT2D eigenvalue weighted by Crippen LogP contribution is 2.26. The second-order valence-corrected chi connectivity index (χ2v) is 8.44. The Balaban J connectivity index is 1.87. The SMILES string of the molecule is CCNC(=NCC1CCSCC1)NC1CCCC(C(=O)N(C)C)C1. The van der Waals surface area contributed by atoms with Crippen molar-refractivity contribution in [1.82, 2.24) is 15.5 Å². The van der Waals surface area contributed by atoms with Crippen LogP contribution in [0, 0.1) is 11.8 Å². The van der Waals surface area contributed by atoms with Crippen LogP contribution in [0.3, 0.4) is 0 Å². The number of amides is 1. The van der Waals surface area contributed by atoms with E-state index in [1.54, 1.807) is 4.90 Å². The number of hydrogen-bond acceptors (Lipinski definition) is 3. The van der Waals surface area contributed by atoms with Crippen molar-refractivity contribution in [2.24, 2.45) is 16.8 Å². The van der Waals surface area contributed by atoms with E-state index in [2.05, 4.69) is 29.3 Å². The number of nitrogens with one attached hydrogen (secondary N) is 2. The standard InChI is InChI=1S/C18H34N4OS/c1-4-19-18(20-13-14-8-10-24-11-9-14)21-16-7-5-6-15(12-16)17(23)22(2)3/h14-16H,4-13H2,1-3H3,(H2,19,20,21). The van der Waals surface area contributed by atoms with E-state index in [9.17, 15) is 4.79 Å². The summed E-state index contributed by atoms with van der Waals surface area (Å²) in [6.07, 6.45) is 6.75. The minimum absolute atomic E-state index is 0.157. The van der Waals surface area contributed by atoms with Crippen molar-refractivity contribution in [3.8, 4) is 0 Å². The van der Waals surface area contributed by atoms with Crippen LogP contribution in [0.25, 0.3) is 0 Å². The van der Waals surface area contributed by atoms with Crippen molar-refractivity contribution in [3.05, 3.63) is 0 Å². The maximum absolute atomic E-state index is 12.2. The smallest absolute Gasteiger partial charge is 0.225 e. The molecule has 0 aromatic heterocycles. The Labute approximate surface area is 151 Å². The summed E-state index contributed by atoms with van der Waals surface area (Å²) in [5, 5.41) is 6.96. The Morgan fingerprint density at radius 3 is 2.62 bits per heavy atom. The molecular formula is C18H34N4OS. The van der Waals surface area contributed by atoms with Gasteiger partial charge in [-0.3, -0.25) is 9.79 Å². The number of nitrogens with zero attached hydrogens (tertiary/aromatic N) is 2. The highest BCUT2D eigenvalue weighted by Gasteiger charge is 2.28. The van der Waals surface area contributed by atoms with Crippen LogP contribution in [0.2, 0.25) is 0 Å². The minimum Gasteiger partial charge on any atom is -0.357 e. The average molecular weight is 355 g/mol. The molecule has 6 heteroatoms. The van der Waals surface area contributed by atoms with Gasteiger partial charge in [-0.05, 0) is 56.5 Å². The van der Waals surface area contributed by atoms with E-state index >= 15 is 0 Å². The molecule has 2 aliphatic rings. The van der Waals surface area contributed by atoms with Gasteiger partial charge in [-0.15, -0.1) is 0 Å². The van der Waals surface area contributed by atoms with E-state index in [1.165, 1.54) is 24.3 Å². The molecule has 1 amide bonds. The third-order valence-electron chi connectivity index (χ3n) is 5.00. The van der Waals surface area contributed by atoms with Gasteiger partial charge >= 0.3 is 0 Å². The molecule has 24 heavy (non-hydrogen) atoms. The molecule has 0 bridgehead atoms. The molecule has 2 atom stereocenters. The molecular weight excluding hydrogens is 320 g/mol. The summed E-state index contributed by atoms with van der Waals surface area (Å²) in [7, 11) is 3.71. The molecule has 138 valence electrons. The first kappa shape index (κ1) is 19.4. The number of aliphatic imine (C=N–C) groups is 1. The minimum atomic E-state index is 0.157. The lowest BCUT2D eigenvalue weighted by molar-refractivity contribution is -0.134. The maximum atomic E-state index is 12.2. The molecule has 2 fully saturated rings. The van der Waals surface area contributed by atoms with E-state index in [1.807, 2.05) is 14.1 Å². The fourth-order valence-electron chi connectivity index (χ4n) is 3.57. The zero-order valence-electron chi connectivity index (χ0n) is 15.5. The molecule has 1 saturated heterocycles. The summed E-state index contributed by atoms with van der Waals surface area (Å²) in [6.45, 7) is 3.90. The van der Waals surface area contributed by atoms with E-state index in [4.69, 9.17) is 4.99 Å². The lowest BCUT2D eigenvalue weighted by atomic mass is 9.85. The van der Waals surface area contributed by atoms with Crippen LogP contribution in [0.5, 0.6) is 0 Å². The second kappa shape index (κ2) is 10.2. The maximum Gasteiger partial charge on any atom is 0.225 e. The van der Waals surface area contributed by atoms with Crippen molar-refractivity contribution in [2.75, 3.05) is 38.7 Å². The lowest BCUT2D eigenvalue weighted by Crippen LogP contribution is -2.47. The number of guanidine groups is 1. The van der Waals surface area contributed by atoms with Gasteiger partial charge < -0.3 is 15.5 Å². The average Bonchev–Trinajstić information content (AvgIpc) is 2.60. The number of carbonyl (C=O) groups is 1. The monoisotopic (exact) mass is 354 g/mol. The summed E-state index contributed by atoms with van der Waals surface area (Å²) in [5.74, 6) is 4.64. The number of carbonyl (C=O) groups excluding carboxylic acids is 1. The molecule has 2 rings (SSSR count). The van der Waals surface area contributed by atoms with Crippen molar-refractivity contribution >= 4 is 23.6 Å². The molecule has 1 aliphatic heterocycles. The van der Waals surface area contributed by atoms with Gasteiger partial charge in [-0.2, -0.15) is 11.8 Å². The molecule has 0 aromatic carbocycles. The second-order valence-electron chi connectivity index (χ2n) is 7.21. The van der Waals surface area contributed by atoms with Crippen LogP contribution < -0.4 is 10.6 Å². The first-order valence-electron chi connectivity index (χ1n) is 9.44. The number of rotatable bonds is 5. The Bertz CT molecular complexity index is 421. The molecule has 0 aromatic rings. The quantitative estimate of drug-likeness (QED) is 0.588. The van der Waals surface area contributed by atoms with E-state index in [0.717, 1.165) is 50.7 Å². The first-order chi connectivity index (χ1) is 11.6. The number of thioether (sulfide) groups is 1. The third kappa shape index (κ3) is 6.19. The first-order valence-corrected chi connectivity index (χ1v) is 10.6. The largest absolute Gasteiger partial charge is 0.357 e. The predicted molar refractivity (Wildman–Crippen MR) is 104 cm³/mol. The zero-order chi connectivity index (χ0) is 17.4. The highest BCUT2D eigenvalue weighted by molar-refractivity contribution is 7.99. The molecule has 1 aliphatic carbocycles. The molecule has 1 heterocycles. The summed E-state index contributed by atoms with van der Waals surface area (Å²) < 4.78 is 0. The molecule has 5 nitrogen and oxygen atoms in total. The van der Waals surface area contributed by atoms with Gasteiger partial charge in [-0.1, -0.05) is 6.42 Å². The van der Waals surface area contributed by atoms with Crippen LogP contribution in [-0.2, 0) is 4.79 Å². The normalized spacial score (nSPS) is 26.0. The molecule has 2 N–H and O–H groups in total. The van der Waals surface area contributed by atoms with Gasteiger partial charge in [0, 0.05) is 39.1 Å². The Hall–Kier alpha value is -0.910. The van der Waals surface area contributed by atoms with Crippen molar-refractivity contribution in [3.63, 3.8) is 0 Å². The van der Waals surface area contributed by atoms with Gasteiger partial charge in [-0.25, -0.2) is 0 Å². The van der Waals surface area contributed by atoms with Crippen LogP contribution in [0.4, 0.5) is 0 Å². The molecule has 2 unspecified atom stereocenters.